The Balaban J connectivity index is 1.53. The van der Waals surface area contributed by atoms with E-state index in [2.05, 4.69) is 5.32 Å². The number of anilines is 1. The molecule has 1 saturated heterocycles. The third-order valence-electron chi connectivity index (χ3n) is 5.04. The van der Waals surface area contributed by atoms with Crippen molar-refractivity contribution in [1.82, 2.24) is 9.47 Å². The summed E-state index contributed by atoms with van der Waals surface area (Å²) in [7, 11) is 0. The Bertz CT molecular complexity index is 843. The summed E-state index contributed by atoms with van der Waals surface area (Å²) in [6.07, 6.45) is 1.05. The molecule has 124 valence electrons. The lowest BCUT2D eigenvalue weighted by molar-refractivity contribution is 0.139. The first-order valence-corrected chi connectivity index (χ1v) is 8.42. The van der Waals surface area contributed by atoms with Crippen molar-refractivity contribution in [3.63, 3.8) is 0 Å². The Morgan fingerprint density at radius 3 is 2.79 bits per heavy atom. The maximum atomic E-state index is 12.6. The maximum Gasteiger partial charge on any atom is 0.321 e. The van der Waals surface area contributed by atoms with Crippen LogP contribution in [-0.2, 0) is 6.54 Å². The number of carbonyl (C=O) groups excluding carboxylic acids is 1. The minimum atomic E-state index is -0.0537. The number of aryl methyl sites for hydroxylation is 1. The van der Waals surface area contributed by atoms with E-state index in [1.807, 2.05) is 52.8 Å². The summed E-state index contributed by atoms with van der Waals surface area (Å²) >= 11 is 0. The van der Waals surface area contributed by atoms with Gasteiger partial charge in [-0.15, -0.1) is 0 Å². The van der Waals surface area contributed by atoms with Gasteiger partial charge in [0.2, 0.25) is 0 Å². The van der Waals surface area contributed by atoms with Crippen LogP contribution >= 0.6 is 0 Å². The number of piperidine rings is 1. The number of hydrogen-bond acceptors (Lipinski definition) is 2. The van der Waals surface area contributed by atoms with E-state index in [1.54, 1.807) is 6.07 Å². The zero-order valence-electron chi connectivity index (χ0n) is 13.7. The Hall–Kier alpha value is -2.56. The van der Waals surface area contributed by atoms with Crippen LogP contribution in [0.3, 0.4) is 0 Å². The number of amides is 2. The SMILES string of the molecule is Cc1cccc(NC(=O)N2C[C@H]3C[C@H](C2)c2cccc(=O)n2C3)c1. The van der Waals surface area contributed by atoms with Crippen molar-refractivity contribution in [1.29, 1.82) is 0 Å². The summed E-state index contributed by atoms with van der Waals surface area (Å²) in [5, 5.41) is 3.00. The number of rotatable bonds is 1. The molecule has 2 aliphatic rings. The molecule has 0 saturated carbocycles. The number of nitrogens with zero attached hydrogens (tertiary/aromatic N) is 2. The molecule has 0 spiro atoms. The molecule has 0 unspecified atom stereocenters. The number of aromatic nitrogens is 1. The van der Waals surface area contributed by atoms with Crippen LogP contribution in [0.2, 0.25) is 0 Å². The molecular weight excluding hydrogens is 302 g/mol. The Kier molecular flexibility index (Phi) is 3.63. The summed E-state index contributed by atoms with van der Waals surface area (Å²) in [5.41, 5.74) is 3.08. The lowest BCUT2D eigenvalue weighted by Gasteiger charge is -2.42. The third-order valence-corrected chi connectivity index (χ3v) is 5.04. The van der Waals surface area contributed by atoms with E-state index in [9.17, 15) is 9.59 Å². The Labute approximate surface area is 140 Å². The summed E-state index contributed by atoms with van der Waals surface area (Å²) in [6, 6.07) is 13.2. The van der Waals surface area contributed by atoms with Gasteiger partial charge in [-0.1, -0.05) is 18.2 Å². The lowest BCUT2D eigenvalue weighted by Crippen LogP contribution is -2.50. The average molecular weight is 323 g/mol. The summed E-state index contributed by atoms with van der Waals surface area (Å²) in [5.74, 6) is 0.592. The number of carbonyl (C=O) groups is 1. The van der Waals surface area contributed by atoms with Gasteiger partial charge in [0.25, 0.3) is 5.56 Å². The zero-order chi connectivity index (χ0) is 16.7. The standard InChI is InChI=1S/C19H21N3O2/c1-13-4-2-5-16(8-13)20-19(24)21-10-14-9-15(12-21)17-6-3-7-18(23)22(17)11-14/h2-8,14-15H,9-12H2,1H3,(H,20,24)/t14-,15-/m1/s1. The fourth-order valence-electron chi connectivity index (χ4n) is 3.99. The van der Waals surface area contributed by atoms with Crippen molar-refractivity contribution < 1.29 is 4.79 Å². The molecule has 1 aromatic carbocycles. The molecule has 2 amide bonds. The van der Waals surface area contributed by atoms with Gasteiger partial charge in [0.05, 0.1) is 0 Å². The molecule has 2 aliphatic heterocycles. The van der Waals surface area contributed by atoms with Crippen molar-refractivity contribution in [2.45, 2.75) is 25.8 Å². The summed E-state index contributed by atoms with van der Waals surface area (Å²) < 4.78 is 1.88. The highest BCUT2D eigenvalue weighted by atomic mass is 16.2. The predicted molar refractivity (Wildman–Crippen MR) is 93.3 cm³/mol. The number of nitrogens with one attached hydrogen (secondary N) is 1. The third kappa shape index (κ3) is 2.70. The van der Waals surface area contributed by atoms with Crippen molar-refractivity contribution in [2.24, 2.45) is 5.92 Å². The van der Waals surface area contributed by atoms with Crippen LogP contribution in [0.15, 0.2) is 47.3 Å². The zero-order valence-corrected chi connectivity index (χ0v) is 13.7. The Morgan fingerprint density at radius 2 is 1.96 bits per heavy atom. The molecule has 4 rings (SSSR count). The van der Waals surface area contributed by atoms with E-state index < -0.39 is 0 Å². The molecule has 0 radical (unpaired) electrons. The fraction of sp³-hybridized carbons (Fsp3) is 0.368. The van der Waals surface area contributed by atoms with Gasteiger partial charge < -0.3 is 14.8 Å². The first-order valence-electron chi connectivity index (χ1n) is 8.42. The van der Waals surface area contributed by atoms with Crippen molar-refractivity contribution >= 4 is 11.7 Å². The molecule has 24 heavy (non-hydrogen) atoms. The van der Waals surface area contributed by atoms with Crippen LogP contribution in [0.4, 0.5) is 10.5 Å². The van der Waals surface area contributed by atoms with E-state index in [4.69, 9.17) is 0 Å². The second-order valence-corrected chi connectivity index (χ2v) is 6.90. The monoisotopic (exact) mass is 323 g/mol. The van der Waals surface area contributed by atoms with Crippen molar-refractivity contribution in [2.75, 3.05) is 18.4 Å². The van der Waals surface area contributed by atoms with Gasteiger partial charge >= 0.3 is 6.03 Å². The van der Waals surface area contributed by atoms with Crippen LogP contribution in [-0.4, -0.2) is 28.6 Å². The number of urea groups is 1. The van der Waals surface area contributed by atoms with Crippen LogP contribution in [0.1, 0.15) is 23.6 Å². The molecule has 0 aliphatic carbocycles. The second-order valence-electron chi connectivity index (χ2n) is 6.90. The van der Waals surface area contributed by atoms with Crippen LogP contribution in [0.25, 0.3) is 0 Å². The molecular formula is C19H21N3O2. The second kappa shape index (κ2) is 5.82. The normalized spacial score (nSPS) is 22.0. The molecule has 2 atom stereocenters. The number of pyridine rings is 1. The van der Waals surface area contributed by atoms with Gasteiger partial charge in [-0.05, 0) is 43.0 Å². The molecule has 2 bridgehead atoms. The highest BCUT2D eigenvalue weighted by Crippen LogP contribution is 2.35. The van der Waals surface area contributed by atoms with E-state index in [0.717, 1.165) is 23.4 Å². The molecule has 5 nitrogen and oxygen atoms in total. The summed E-state index contributed by atoms with van der Waals surface area (Å²) in [4.78, 5) is 26.6. The predicted octanol–water partition coefficient (Wildman–Crippen LogP) is 2.81. The fourth-order valence-corrected chi connectivity index (χ4v) is 3.99. The molecule has 5 heteroatoms. The number of fused-ring (bicyclic) bond motifs is 4. The van der Waals surface area contributed by atoms with Gasteiger partial charge in [0, 0.05) is 43.0 Å². The van der Waals surface area contributed by atoms with Gasteiger partial charge in [-0.3, -0.25) is 4.79 Å². The molecule has 2 aromatic rings. The highest BCUT2D eigenvalue weighted by molar-refractivity contribution is 5.89. The topological polar surface area (TPSA) is 54.3 Å². The first-order chi connectivity index (χ1) is 11.6. The highest BCUT2D eigenvalue weighted by Gasteiger charge is 2.36. The van der Waals surface area contributed by atoms with Crippen molar-refractivity contribution in [3.05, 3.63) is 64.1 Å². The first kappa shape index (κ1) is 15.0. The van der Waals surface area contributed by atoms with Gasteiger partial charge in [0.15, 0.2) is 0 Å². The largest absolute Gasteiger partial charge is 0.324 e. The minimum Gasteiger partial charge on any atom is -0.324 e. The average Bonchev–Trinajstić information content (AvgIpc) is 2.56. The number of hydrogen-bond donors (Lipinski definition) is 1. The molecule has 3 heterocycles. The maximum absolute atomic E-state index is 12.6. The smallest absolute Gasteiger partial charge is 0.321 e. The lowest BCUT2D eigenvalue weighted by atomic mass is 9.83. The van der Waals surface area contributed by atoms with Crippen LogP contribution in [0, 0.1) is 12.8 Å². The van der Waals surface area contributed by atoms with E-state index in [1.165, 1.54) is 0 Å². The number of benzene rings is 1. The van der Waals surface area contributed by atoms with Crippen molar-refractivity contribution in [3.8, 4) is 0 Å². The van der Waals surface area contributed by atoms with E-state index in [-0.39, 0.29) is 17.5 Å². The summed E-state index contributed by atoms with van der Waals surface area (Å²) in [6.45, 7) is 4.09. The quantitative estimate of drug-likeness (QED) is 0.877. The van der Waals surface area contributed by atoms with Crippen LogP contribution < -0.4 is 10.9 Å². The Morgan fingerprint density at radius 1 is 1.12 bits per heavy atom. The van der Waals surface area contributed by atoms with E-state index in [0.29, 0.717) is 25.6 Å². The van der Waals surface area contributed by atoms with E-state index >= 15 is 0 Å². The molecule has 1 fully saturated rings. The number of likely N-dealkylation sites (tertiary alicyclic amines) is 1. The van der Waals surface area contributed by atoms with Crippen LogP contribution in [0.5, 0.6) is 0 Å². The van der Waals surface area contributed by atoms with Gasteiger partial charge in [-0.25, -0.2) is 4.79 Å². The van der Waals surface area contributed by atoms with Gasteiger partial charge in [0.1, 0.15) is 0 Å². The molecule has 1 aromatic heterocycles. The van der Waals surface area contributed by atoms with Gasteiger partial charge in [-0.2, -0.15) is 0 Å². The minimum absolute atomic E-state index is 0.0537. The molecule has 1 N–H and O–H groups in total.